The summed E-state index contributed by atoms with van der Waals surface area (Å²) in [7, 11) is 0. The normalized spacial score (nSPS) is 30.1. The molecule has 0 saturated carbocycles. The van der Waals surface area contributed by atoms with Crippen molar-refractivity contribution < 1.29 is 19.1 Å². The lowest BCUT2D eigenvalue weighted by atomic mass is 9.83. The number of likely N-dealkylation sites (tertiary alicyclic amines) is 2. The molecule has 4 heterocycles. The Balaban J connectivity index is 1.38. The van der Waals surface area contributed by atoms with Crippen LogP contribution in [-0.2, 0) is 11.3 Å². The number of hydrogen-bond donors (Lipinski definition) is 1. The van der Waals surface area contributed by atoms with Crippen LogP contribution in [0.15, 0.2) is 16.5 Å². The molecule has 3 aliphatic heterocycles. The van der Waals surface area contributed by atoms with E-state index in [0.717, 1.165) is 19.6 Å². The number of carbonyl (C=O) groups is 1. The minimum atomic E-state index is -0.464. The Morgan fingerprint density at radius 2 is 1.90 bits per heavy atom. The highest BCUT2D eigenvalue weighted by Crippen LogP contribution is 2.49. The molecule has 0 aliphatic carbocycles. The number of aliphatic hydroxyl groups is 1. The molecular weight excluding hydrogens is 396 g/mol. The summed E-state index contributed by atoms with van der Waals surface area (Å²) in [6.07, 6.45) is -0.165. The van der Waals surface area contributed by atoms with Crippen molar-refractivity contribution in [3.63, 3.8) is 0 Å². The first-order valence-electron chi connectivity index (χ1n) is 11.0. The van der Waals surface area contributed by atoms with Crippen LogP contribution in [-0.4, -0.2) is 75.5 Å². The molecule has 1 aromatic carbocycles. The fraction of sp³-hybridized carbons (Fsp3) is 0.609. The van der Waals surface area contributed by atoms with Gasteiger partial charge < -0.3 is 19.2 Å². The second-order valence-electron chi connectivity index (χ2n) is 9.52. The van der Waals surface area contributed by atoms with Crippen molar-refractivity contribution in [1.29, 1.82) is 0 Å². The average Bonchev–Trinajstić information content (AvgIpc) is 3.35. The van der Waals surface area contributed by atoms with Crippen LogP contribution in [0.2, 0.25) is 0 Å². The maximum Gasteiger partial charge on any atom is 0.311 e. The number of aryl methyl sites for hydroxylation is 4. The quantitative estimate of drug-likeness (QED) is 0.795. The van der Waals surface area contributed by atoms with E-state index in [1.807, 2.05) is 0 Å². The monoisotopic (exact) mass is 426 g/mol. The Bertz CT molecular complexity index is 1020. The van der Waals surface area contributed by atoms with Gasteiger partial charge in [-0.15, -0.1) is 10.2 Å². The maximum atomic E-state index is 13.0. The number of benzene rings is 1. The summed E-state index contributed by atoms with van der Waals surface area (Å²) in [5.41, 5.74) is 4.76. The SMILES string of the molecule is Cc1nnc(C(=O)N2C[C@H]3O[C@@]4(CN(Cc5cc(C)c(C)cc5C)C[C@@H]4[C@@H]3CO)C2)o1. The third-order valence-corrected chi connectivity index (χ3v) is 7.41. The van der Waals surface area contributed by atoms with Gasteiger partial charge in [-0.2, -0.15) is 0 Å². The number of hydrogen-bond acceptors (Lipinski definition) is 7. The fourth-order valence-corrected chi connectivity index (χ4v) is 5.75. The summed E-state index contributed by atoms with van der Waals surface area (Å²) in [6, 6.07) is 4.52. The van der Waals surface area contributed by atoms with Crippen LogP contribution >= 0.6 is 0 Å². The van der Waals surface area contributed by atoms with Gasteiger partial charge >= 0.3 is 11.8 Å². The molecule has 3 aliphatic rings. The molecular formula is C23H30N4O4. The zero-order chi connectivity index (χ0) is 21.9. The van der Waals surface area contributed by atoms with E-state index in [1.54, 1.807) is 11.8 Å². The first-order chi connectivity index (χ1) is 14.8. The summed E-state index contributed by atoms with van der Waals surface area (Å²) >= 11 is 0. The second-order valence-corrected chi connectivity index (χ2v) is 9.52. The fourth-order valence-electron chi connectivity index (χ4n) is 5.75. The van der Waals surface area contributed by atoms with Crippen LogP contribution in [0, 0.1) is 39.5 Å². The van der Waals surface area contributed by atoms with E-state index in [2.05, 4.69) is 48.0 Å². The summed E-state index contributed by atoms with van der Waals surface area (Å²) in [4.78, 5) is 17.2. The number of fused-ring (bicyclic) bond motifs is 1. The molecule has 2 aromatic rings. The number of nitrogens with zero attached hydrogens (tertiary/aromatic N) is 4. The van der Waals surface area contributed by atoms with Crippen molar-refractivity contribution in [3.8, 4) is 0 Å². The number of amides is 1. The van der Waals surface area contributed by atoms with Gasteiger partial charge in [0.1, 0.15) is 5.60 Å². The standard InChI is InChI=1S/C23H30N4O4/c1-13-5-15(3)17(6-14(13)2)7-26-8-19-18(10-28)20-9-27(12-23(19,11-26)31-20)22(29)21-25-24-16(4)30-21/h5-6,18-20,28H,7-12H2,1-4H3/t18-,19+,20+,23-/m0/s1. The molecule has 8 heteroatoms. The van der Waals surface area contributed by atoms with Gasteiger partial charge in [0.05, 0.1) is 12.6 Å². The number of ether oxygens (including phenoxy) is 1. The molecule has 5 rings (SSSR count). The first kappa shape index (κ1) is 20.6. The lowest BCUT2D eigenvalue weighted by molar-refractivity contribution is -0.108. The highest BCUT2D eigenvalue weighted by molar-refractivity contribution is 5.89. The van der Waals surface area contributed by atoms with Crippen LogP contribution < -0.4 is 0 Å². The van der Waals surface area contributed by atoms with Gasteiger partial charge in [-0.25, -0.2) is 0 Å². The highest BCUT2D eigenvalue weighted by atomic mass is 16.5. The van der Waals surface area contributed by atoms with Crippen molar-refractivity contribution in [2.75, 3.05) is 32.8 Å². The third-order valence-electron chi connectivity index (χ3n) is 7.41. The Morgan fingerprint density at radius 3 is 2.61 bits per heavy atom. The second kappa shape index (κ2) is 7.39. The molecule has 0 unspecified atom stereocenters. The van der Waals surface area contributed by atoms with Crippen LogP contribution in [0.3, 0.4) is 0 Å². The lowest BCUT2D eigenvalue weighted by Crippen LogP contribution is -2.55. The van der Waals surface area contributed by atoms with Gasteiger partial charge in [0, 0.05) is 51.5 Å². The molecule has 1 spiro atoms. The van der Waals surface area contributed by atoms with Gasteiger partial charge in [0.2, 0.25) is 5.89 Å². The molecule has 3 saturated heterocycles. The van der Waals surface area contributed by atoms with Gasteiger partial charge in [-0.05, 0) is 43.0 Å². The number of rotatable bonds is 4. The van der Waals surface area contributed by atoms with Gasteiger partial charge in [-0.1, -0.05) is 12.1 Å². The predicted octanol–water partition coefficient (Wildman–Crippen LogP) is 1.64. The van der Waals surface area contributed by atoms with Crippen molar-refractivity contribution in [3.05, 3.63) is 46.2 Å². The van der Waals surface area contributed by atoms with Gasteiger partial charge in [0.25, 0.3) is 0 Å². The average molecular weight is 427 g/mol. The number of morpholine rings is 1. The molecule has 4 atom stereocenters. The molecule has 31 heavy (non-hydrogen) atoms. The van der Waals surface area contributed by atoms with E-state index >= 15 is 0 Å². The van der Waals surface area contributed by atoms with E-state index < -0.39 is 5.60 Å². The van der Waals surface area contributed by atoms with E-state index in [0.29, 0.717) is 19.0 Å². The van der Waals surface area contributed by atoms with Crippen molar-refractivity contribution in [1.82, 2.24) is 20.0 Å². The minimum Gasteiger partial charge on any atom is -0.417 e. The maximum absolute atomic E-state index is 13.0. The largest absolute Gasteiger partial charge is 0.417 e. The Hall–Kier alpha value is -2.29. The molecule has 1 N–H and O–H groups in total. The molecule has 8 nitrogen and oxygen atoms in total. The zero-order valence-electron chi connectivity index (χ0n) is 18.6. The van der Waals surface area contributed by atoms with Crippen LogP contribution in [0.25, 0.3) is 0 Å². The summed E-state index contributed by atoms with van der Waals surface area (Å²) < 4.78 is 11.9. The van der Waals surface area contributed by atoms with Gasteiger partial charge in [-0.3, -0.25) is 9.69 Å². The molecule has 1 amide bonds. The highest BCUT2D eigenvalue weighted by Gasteiger charge is 2.62. The number of aliphatic hydroxyl groups excluding tert-OH is 1. The zero-order valence-corrected chi connectivity index (χ0v) is 18.6. The number of aromatic nitrogens is 2. The molecule has 1 aromatic heterocycles. The molecule has 0 radical (unpaired) electrons. The smallest absolute Gasteiger partial charge is 0.311 e. The topological polar surface area (TPSA) is 91.9 Å². The Morgan fingerprint density at radius 1 is 1.13 bits per heavy atom. The first-order valence-corrected chi connectivity index (χ1v) is 11.0. The lowest BCUT2D eigenvalue weighted by Gasteiger charge is -2.40. The van der Waals surface area contributed by atoms with Gasteiger partial charge in [0.15, 0.2) is 0 Å². The third kappa shape index (κ3) is 3.37. The summed E-state index contributed by atoms with van der Waals surface area (Å²) in [6.45, 7) is 11.6. The minimum absolute atomic E-state index is 0.0212. The van der Waals surface area contributed by atoms with E-state index in [9.17, 15) is 9.90 Å². The van der Waals surface area contributed by atoms with E-state index in [4.69, 9.17) is 9.15 Å². The van der Waals surface area contributed by atoms with Crippen LogP contribution in [0.5, 0.6) is 0 Å². The molecule has 3 fully saturated rings. The summed E-state index contributed by atoms with van der Waals surface area (Å²) in [5.74, 6) is 0.353. The summed E-state index contributed by atoms with van der Waals surface area (Å²) in [5, 5.41) is 17.8. The molecule has 166 valence electrons. The van der Waals surface area contributed by atoms with E-state index in [-0.39, 0.29) is 36.3 Å². The predicted molar refractivity (Wildman–Crippen MR) is 113 cm³/mol. The van der Waals surface area contributed by atoms with E-state index in [1.165, 1.54) is 22.3 Å². The Labute approximate surface area is 182 Å². The van der Waals surface area contributed by atoms with Crippen molar-refractivity contribution in [2.24, 2.45) is 11.8 Å². The number of carbonyl (C=O) groups excluding carboxylic acids is 1. The van der Waals surface area contributed by atoms with Crippen LogP contribution in [0.1, 0.15) is 38.8 Å². The Kier molecular flexibility index (Phi) is 4.91. The van der Waals surface area contributed by atoms with Crippen LogP contribution in [0.4, 0.5) is 0 Å². The van der Waals surface area contributed by atoms with Crippen molar-refractivity contribution >= 4 is 5.91 Å². The molecule has 2 bridgehead atoms. The van der Waals surface area contributed by atoms with Crippen molar-refractivity contribution in [2.45, 2.75) is 45.9 Å².